The van der Waals surface area contributed by atoms with Gasteiger partial charge in [-0.2, -0.15) is 5.10 Å². The first kappa shape index (κ1) is 34.1. The molecule has 16 heteroatoms. The first-order chi connectivity index (χ1) is 23.2. The van der Waals surface area contributed by atoms with Gasteiger partial charge in [0, 0.05) is 30.9 Å². The van der Waals surface area contributed by atoms with Gasteiger partial charge in [-0.25, -0.2) is 9.67 Å². The van der Waals surface area contributed by atoms with Crippen LogP contribution in [0.1, 0.15) is 36.5 Å². The van der Waals surface area contributed by atoms with Crippen LogP contribution in [0.15, 0.2) is 65.2 Å². The first-order valence-electron chi connectivity index (χ1n) is 15.3. The van der Waals surface area contributed by atoms with Crippen LogP contribution in [0.3, 0.4) is 0 Å². The van der Waals surface area contributed by atoms with Gasteiger partial charge >= 0.3 is 0 Å². The first-order valence-corrected chi connectivity index (χ1v) is 15.7. The average Bonchev–Trinajstić information content (AvgIpc) is 3.70. The molecule has 0 saturated heterocycles. The van der Waals surface area contributed by atoms with Crippen LogP contribution in [0.5, 0.6) is 5.75 Å². The molecule has 2 aliphatic rings. The van der Waals surface area contributed by atoms with Gasteiger partial charge in [0.2, 0.25) is 23.6 Å². The van der Waals surface area contributed by atoms with Crippen LogP contribution in [-0.4, -0.2) is 80.5 Å². The number of aliphatic hydroxyl groups is 1. The number of carbonyl (C=O) groups is 4. The lowest BCUT2D eigenvalue weighted by molar-refractivity contribution is -0.133. The number of hydrogen-bond donors (Lipinski definition) is 5. The average molecular weight is 679 g/mol. The summed E-state index contributed by atoms with van der Waals surface area (Å²) in [6.07, 6.45) is 0.248. The number of ether oxygens (including phenoxy) is 1. The molecule has 2 aromatic heterocycles. The maximum Gasteiger partial charge on any atom is 0.245 e. The van der Waals surface area contributed by atoms with Crippen molar-refractivity contribution in [2.75, 3.05) is 19.8 Å². The quantitative estimate of drug-likeness (QED) is 0.197. The third-order valence-corrected chi connectivity index (χ3v) is 7.60. The largest absolute Gasteiger partial charge is 0.492 e. The third-order valence-electron chi connectivity index (χ3n) is 7.42. The predicted octanol–water partition coefficient (Wildman–Crippen LogP) is 1.11. The van der Waals surface area contributed by atoms with Crippen molar-refractivity contribution in [1.82, 2.24) is 41.2 Å². The van der Waals surface area contributed by atoms with Gasteiger partial charge in [-0.1, -0.05) is 59.2 Å². The molecule has 15 nitrogen and oxygen atoms in total. The van der Waals surface area contributed by atoms with Crippen LogP contribution in [0.2, 0.25) is 5.15 Å². The van der Waals surface area contributed by atoms with Crippen LogP contribution in [0.4, 0.5) is 0 Å². The zero-order valence-corrected chi connectivity index (χ0v) is 26.8. The summed E-state index contributed by atoms with van der Waals surface area (Å²) in [6, 6.07) is 14.3. The van der Waals surface area contributed by atoms with E-state index in [1.54, 1.807) is 31.2 Å². The van der Waals surface area contributed by atoms with Crippen molar-refractivity contribution >= 4 is 35.2 Å². The fourth-order valence-electron chi connectivity index (χ4n) is 4.97. The van der Waals surface area contributed by atoms with E-state index in [0.717, 1.165) is 0 Å². The molecule has 4 amide bonds. The lowest BCUT2D eigenvalue weighted by Crippen LogP contribution is -2.56. The Morgan fingerprint density at radius 1 is 1.08 bits per heavy atom. The van der Waals surface area contributed by atoms with Gasteiger partial charge in [-0.3, -0.25) is 19.2 Å². The molecule has 48 heavy (non-hydrogen) atoms. The van der Waals surface area contributed by atoms with Gasteiger partial charge in [0.25, 0.3) is 0 Å². The van der Waals surface area contributed by atoms with Crippen LogP contribution in [-0.2, 0) is 38.6 Å². The Kier molecular flexibility index (Phi) is 11.4. The number of fused-ring (bicyclic) bond motifs is 14. The van der Waals surface area contributed by atoms with Crippen LogP contribution >= 0.6 is 11.6 Å². The number of benzene rings is 2. The number of halogens is 1. The molecule has 252 valence electrons. The van der Waals surface area contributed by atoms with E-state index in [2.05, 4.69) is 36.5 Å². The number of hydrogen-bond acceptors (Lipinski definition) is 10. The third kappa shape index (κ3) is 9.17. The molecule has 0 fully saturated rings. The molecule has 2 aliphatic heterocycles. The Hall–Kier alpha value is -5.28. The maximum atomic E-state index is 13.5. The van der Waals surface area contributed by atoms with E-state index in [1.807, 2.05) is 30.3 Å². The number of aromatic nitrogens is 4. The smallest absolute Gasteiger partial charge is 0.245 e. The maximum absolute atomic E-state index is 13.5. The molecule has 0 aliphatic carbocycles. The monoisotopic (exact) mass is 678 g/mol. The number of nitrogens with one attached hydrogen (secondary N) is 4. The van der Waals surface area contributed by atoms with E-state index in [-0.39, 0.29) is 55.8 Å². The molecular weight excluding hydrogens is 644 g/mol. The van der Waals surface area contributed by atoms with E-state index < -0.39 is 42.5 Å². The Labute approximate surface area is 280 Å². The second-order valence-electron chi connectivity index (χ2n) is 11.1. The zero-order chi connectivity index (χ0) is 34.0. The van der Waals surface area contributed by atoms with Crippen LogP contribution < -0.4 is 26.0 Å². The molecule has 5 N–H and O–H groups in total. The minimum Gasteiger partial charge on any atom is -0.492 e. The van der Waals surface area contributed by atoms with Crippen molar-refractivity contribution in [2.24, 2.45) is 0 Å². The van der Waals surface area contributed by atoms with Gasteiger partial charge in [0.15, 0.2) is 11.0 Å². The summed E-state index contributed by atoms with van der Waals surface area (Å²) in [5.41, 5.74) is 1.40. The lowest BCUT2D eigenvalue weighted by Gasteiger charge is -2.23. The van der Waals surface area contributed by atoms with E-state index in [4.69, 9.17) is 20.9 Å². The number of aliphatic hydroxyl groups excluding tert-OH is 1. The Bertz CT molecular complexity index is 1730. The minimum absolute atomic E-state index is 0.0221. The highest BCUT2D eigenvalue weighted by Gasteiger charge is 2.29. The lowest BCUT2D eigenvalue weighted by atomic mass is 10.0. The zero-order valence-electron chi connectivity index (χ0n) is 26.0. The molecule has 3 atom stereocenters. The molecule has 4 heterocycles. The van der Waals surface area contributed by atoms with Crippen molar-refractivity contribution in [3.05, 3.63) is 83.0 Å². The summed E-state index contributed by atoms with van der Waals surface area (Å²) >= 11 is 5.79. The van der Waals surface area contributed by atoms with E-state index in [0.29, 0.717) is 28.5 Å². The van der Waals surface area contributed by atoms with Gasteiger partial charge in [-0.05, 0) is 24.6 Å². The van der Waals surface area contributed by atoms with Crippen molar-refractivity contribution in [1.29, 1.82) is 0 Å². The molecule has 0 spiro atoms. The normalized spacial score (nSPS) is 19.3. The predicted molar refractivity (Wildman–Crippen MR) is 171 cm³/mol. The molecular formula is C32H35ClN8O7. The molecule has 2 aromatic carbocycles. The number of amides is 4. The highest BCUT2D eigenvalue weighted by atomic mass is 35.5. The minimum atomic E-state index is -1.37. The Morgan fingerprint density at radius 3 is 2.56 bits per heavy atom. The van der Waals surface area contributed by atoms with Gasteiger partial charge in [0.05, 0.1) is 19.2 Å². The molecule has 2 bridgehead atoms. The second-order valence-corrected chi connectivity index (χ2v) is 11.5. The Morgan fingerprint density at radius 2 is 1.85 bits per heavy atom. The number of rotatable bonds is 6. The Balaban J connectivity index is 1.38. The van der Waals surface area contributed by atoms with Crippen LogP contribution in [0, 0.1) is 0 Å². The van der Waals surface area contributed by atoms with Crippen molar-refractivity contribution < 1.29 is 33.5 Å². The van der Waals surface area contributed by atoms with Gasteiger partial charge in [0.1, 0.15) is 42.6 Å². The summed E-state index contributed by atoms with van der Waals surface area (Å²) in [5, 5.41) is 29.2. The van der Waals surface area contributed by atoms with Crippen molar-refractivity contribution in [2.45, 2.75) is 50.9 Å². The van der Waals surface area contributed by atoms with Crippen molar-refractivity contribution in [3.63, 3.8) is 0 Å². The van der Waals surface area contributed by atoms with Gasteiger partial charge < -0.3 is 35.6 Å². The fraction of sp³-hybridized carbons (Fsp3) is 0.344. The SMILES string of the molecule is C[C@@H]1NC(=O)[C@H](CO)NC(=O)[C@@H](NC(=O)CCc2cc(Cl)no2)Cc2ccc(cc2)OCCNC(=O)Cn2nc(-c3ccccc3)nc21. The second kappa shape index (κ2) is 16.0. The molecule has 0 unspecified atom stereocenters. The summed E-state index contributed by atoms with van der Waals surface area (Å²) in [4.78, 5) is 57.3. The van der Waals surface area contributed by atoms with Gasteiger partial charge in [-0.15, -0.1) is 0 Å². The molecule has 4 aromatic rings. The fourth-order valence-corrected chi connectivity index (χ4v) is 5.13. The summed E-state index contributed by atoms with van der Waals surface area (Å²) in [5.74, 6) is -0.614. The van der Waals surface area contributed by atoms with E-state index in [9.17, 15) is 24.3 Å². The topological polar surface area (TPSA) is 203 Å². The standard InChI is InChI=1S/C32H35ClN8O7/c1-19-30-38-29(21-5-3-2-4-6-21)39-41(30)17-28(44)34-13-14-47-22-9-7-20(8-10-22)15-24(31(45)37-25(18-42)32(46)35-19)36-27(43)12-11-23-16-26(33)40-48-23/h2-10,16,19,24-25,42H,11-15,17-18H2,1H3,(H,34,44)(H,35,46)(H,36,43)(H,37,45)/t19-,24-,25-/m0/s1. The van der Waals surface area contributed by atoms with Crippen LogP contribution in [0.25, 0.3) is 11.4 Å². The summed E-state index contributed by atoms with van der Waals surface area (Å²) < 4.78 is 12.2. The number of nitrogens with zero attached hydrogens (tertiary/aromatic N) is 4. The summed E-state index contributed by atoms with van der Waals surface area (Å²) in [7, 11) is 0. The van der Waals surface area contributed by atoms with E-state index >= 15 is 0 Å². The van der Waals surface area contributed by atoms with Crippen molar-refractivity contribution in [3.8, 4) is 17.1 Å². The highest BCUT2D eigenvalue weighted by Crippen LogP contribution is 2.19. The molecule has 0 saturated carbocycles. The molecule has 0 radical (unpaired) electrons. The number of aryl methyl sites for hydroxylation is 1. The number of carbonyl (C=O) groups excluding carboxylic acids is 4. The van der Waals surface area contributed by atoms with E-state index in [1.165, 1.54) is 10.7 Å². The molecule has 6 rings (SSSR count). The summed E-state index contributed by atoms with van der Waals surface area (Å²) in [6.45, 7) is 1.14. The highest BCUT2D eigenvalue weighted by molar-refractivity contribution is 6.29.